The number of nitrogens with zero attached hydrogens (tertiary/aromatic N) is 4. The number of nitro benzene ring substituents is 1. The van der Waals surface area contributed by atoms with Gasteiger partial charge in [-0.2, -0.15) is 0 Å². The van der Waals surface area contributed by atoms with Gasteiger partial charge in [0.15, 0.2) is 0 Å². The Hall–Kier alpha value is -1.99. The zero-order chi connectivity index (χ0) is 13.3. The van der Waals surface area contributed by atoms with Crippen molar-refractivity contribution in [1.82, 2.24) is 15.0 Å². The van der Waals surface area contributed by atoms with E-state index in [1.54, 1.807) is 6.92 Å². The molecule has 0 spiro atoms. The van der Waals surface area contributed by atoms with Gasteiger partial charge in [0.1, 0.15) is 10.7 Å². The van der Waals surface area contributed by atoms with Gasteiger partial charge < -0.3 is 5.11 Å². The van der Waals surface area contributed by atoms with E-state index in [1.165, 1.54) is 23.0 Å². The molecule has 1 heterocycles. The molecule has 94 valence electrons. The Balaban J connectivity index is 2.52. The molecule has 1 N–H and O–H groups in total. The van der Waals surface area contributed by atoms with Crippen molar-refractivity contribution in [1.29, 1.82) is 0 Å². The van der Waals surface area contributed by atoms with Crippen LogP contribution < -0.4 is 0 Å². The van der Waals surface area contributed by atoms with E-state index in [9.17, 15) is 10.1 Å². The minimum atomic E-state index is -0.542. The van der Waals surface area contributed by atoms with Crippen molar-refractivity contribution in [3.8, 4) is 5.69 Å². The number of halogens is 1. The Kier molecular flexibility index (Phi) is 3.26. The smallest absolute Gasteiger partial charge is 0.288 e. The molecule has 2 rings (SSSR count). The fraction of sp³-hybridized carbons (Fsp3) is 0.200. The summed E-state index contributed by atoms with van der Waals surface area (Å²) >= 11 is 5.83. The summed E-state index contributed by atoms with van der Waals surface area (Å²) in [6.07, 6.45) is 1.53. The molecular formula is C10H9ClN4O3. The summed E-state index contributed by atoms with van der Waals surface area (Å²) in [7, 11) is 0. The number of aromatic nitrogens is 3. The van der Waals surface area contributed by atoms with Gasteiger partial charge in [0.2, 0.25) is 0 Å². The first-order valence-electron chi connectivity index (χ1n) is 5.00. The lowest BCUT2D eigenvalue weighted by Crippen LogP contribution is -2.00. The molecular weight excluding hydrogens is 260 g/mol. The summed E-state index contributed by atoms with van der Waals surface area (Å²) in [5, 5.41) is 27.2. The van der Waals surface area contributed by atoms with Gasteiger partial charge in [0, 0.05) is 6.07 Å². The largest absolute Gasteiger partial charge is 0.390 e. The molecule has 0 atom stereocenters. The van der Waals surface area contributed by atoms with Crippen molar-refractivity contribution in [3.05, 3.63) is 44.7 Å². The van der Waals surface area contributed by atoms with Crippen LogP contribution in [0, 0.1) is 17.0 Å². The average Bonchev–Trinajstić information content (AvgIpc) is 2.79. The molecule has 1 aromatic carbocycles. The van der Waals surface area contributed by atoms with Crippen molar-refractivity contribution in [2.45, 2.75) is 13.5 Å². The van der Waals surface area contributed by atoms with E-state index >= 15 is 0 Å². The summed E-state index contributed by atoms with van der Waals surface area (Å²) in [5.74, 6) is 0. The average molecular weight is 269 g/mol. The number of hydrogen-bond donors (Lipinski definition) is 1. The highest BCUT2D eigenvalue weighted by Gasteiger charge is 2.16. The van der Waals surface area contributed by atoms with Crippen LogP contribution in [-0.4, -0.2) is 25.0 Å². The molecule has 0 bridgehead atoms. The van der Waals surface area contributed by atoms with E-state index < -0.39 is 4.92 Å². The van der Waals surface area contributed by atoms with E-state index in [-0.39, 0.29) is 17.3 Å². The lowest BCUT2D eigenvalue weighted by Gasteiger charge is -2.05. The van der Waals surface area contributed by atoms with Crippen molar-refractivity contribution in [2.75, 3.05) is 0 Å². The maximum atomic E-state index is 10.7. The Morgan fingerprint density at radius 3 is 2.83 bits per heavy atom. The van der Waals surface area contributed by atoms with Crippen LogP contribution in [0.25, 0.3) is 5.69 Å². The number of hydrogen-bond acceptors (Lipinski definition) is 5. The number of benzene rings is 1. The van der Waals surface area contributed by atoms with Gasteiger partial charge in [0.25, 0.3) is 5.69 Å². The van der Waals surface area contributed by atoms with Crippen LogP contribution in [-0.2, 0) is 6.61 Å². The van der Waals surface area contributed by atoms with E-state index in [0.29, 0.717) is 16.9 Å². The summed E-state index contributed by atoms with van der Waals surface area (Å²) in [6.45, 7) is 1.48. The zero-order valence-electron chi connectivity index (χ0n) is 9.37. The number of rotatable bonds is 3. The second kappa shape index (κ2) is 4.71. The van der Waals surface area contributed by atoms with E-state index in [1.807, 2.05) is 0 Å². The van der Waals surface area contributed by atoms with Gasteiger partial charge in [-0.25, -0.2) is 4.68 Å². The highest BCUT2D eigenvalue weighted by atomic mass is 35.5. The molecule has 2 aromatic rings. The SMILES string of the molecule is Cc1cc([N+](=O)[O-])c(Cl)cc1-n1cc(CO)nn1. The number of nitro groups is 1. The maximum Gasteiger partial charge on any atom is 0.288 e. The molecule has 1 aromatic heterocycles. The lowest BCUT2D eigenvalue weighted by molar-refractivity contribution is -0.384. The van der Waals surface area contributed by atoms with Gasteiger partial charge in [-0.05, 0) is 18.6 Å². The fourth-order valence-corrected chi connectivity index (χ4v) is 1.76. The minimum absolute atomic E-state index is 0.0293. The Morgan fingerprint density at radius 1 is 1.56 bits per heavy atom. The quantitative estimate of drug-likeness (QED) is 0.674. The van der Waals surface area contributed by atoms with E-state index in [2.05, 4.69) is 10.3 Å². The topological polar surface area (TPSA) is 94.1 Å². The standard InChI is InChI=1S/C10H9ClN4O3/c1-6-2-10(15(17)18)8(11)3-9(6)14-4-7(5-16)12-13-14/h2-4,16H,5H2,1H3. The number of aliphatic hydroxyl groups is 1. The first kappa shape index (κ1) is 12.5. The van der Waals surface area contributed by atoms with Crippen LogP contribution in [0.1, 0.15) is 11.3 Å². The van der Waals surface area contributed by atoms with Crippen LogP contribution in [0.3, 0.4) is 0 Å². The van der Waals surface area contributed by atoms with Crippen LogP contribution in [0.2, 0.25) is 5.02 Å². The Morgan fingerprint density at radius 2 is 2.28 bits per heavy atom. The molecule has 0 aliphatic rings. The predicted molar refractivity (Wildman–Crippen MR) is 63.7 cm³/mol. The van der Waals surface area contributed by atoms with Crippen LogP contribution in [0.4, 0.5) is 5.69 Å². The summed E-state index contributed by atoms with van der Waals surface area (Å²) in [6, 6.07) is 2.82. The molecule has 18 heavy (non-hydrogen) atoms. The zero-order valence-corrected chi connectivity index (χ0v) is 10.1. The Labute approximate surface area is 107 Å². The molecule has 0 saturated heterocycles. The van der Waals surface area contributed by atoms with Gasteiger partial charge >= 0.3 is 0 Å². The first-order valence-corrected chi connectivity index (χ1v) is 5.37. The number of aryl methyl sites for hydroxylation is 1. The first-order chi connectivity index (χ1) is 8.52. The third-order valence-corrected chi connectivity index (χ3v) is 2.71. The number of aliphatic hydroxyl groups excluding tert-OH is 1. The molecule has 7 nitrogen and oxygen atoms in total. The third kappa shape index (κ3) is 2.18. The van der Waals surface area contributed by atoms with Crippen LogP contribution >= 0.6 is 11.6 Å². The molecule has 0 aliphatic carbocycles. The monoisotopic (exact) mass is 268 g/mol. The normalized spacial score (nSPS) is 10.6. The highest BCUT2D eigenvalue weighted by molar-refractivity contribution is 6.32. The fourth-order valence-electron chi connectivity index (χ4n) is 1.53. The van der Waals surface area contributed by atoms with Gasteiger partial charge in [-0.1, -0.05) is 16.8 Å². The van der Waals surface area contributed by atoms with Gasteiger partial charge in [-0.3, -0.25) is 10.1 Å². The maximum absolute atomic E-state index is 10.7. The molecule has 0 fully saturated rings. The van der Waals surface area contributed by atoms with Gasteiger partial charge in [-0.15, -0.1) is 5.10 Å². The Bertz CT molecular complexity index is 611. The molecule has 0 aliphatic heterocycles. The van der Waals surface area contributed by atoms with Gasteiger partial charge in [0.05, 0.1) is 23.4 Å². The highest BCUT2D eigenvalue weighted by Crippen LogP contribution is 2.29. The summed E-state index contributed by atoms with van der Waals surface area (Å²) in [5.41, 5.74) is 1.47. The molecule has 0 amide bonds. The van der Waals surface area contributed by atoms with Crippen molar-refractivity contribution < 1.29 is 10.0 Å². The second-order valence-corrected chi connectivity index (χ2v) is 4.07. The van der Waals surface area contributed by atoms with E-state index in [0.717, 1.165) is 0 Å². The third-order valence-electron chi connectivity index (χ3n) is 2.41. The molecule has 0 radical (unpaired) electrons. The van der Waals surface area contributed by atoms with Crippen molar-refractivity contribution in [2.24, 2.45) is 0 Å². The van der Waals surface area contributed by atoms with Crippen LogP contribution in [0.5, 0.6) is 0 Å². The molecule has 8 heteroatoms. The predicted octanol–water partition coefficient (Wildman–Crippen LogP) is 1.63. The van der Waals surface area contributed by atoms with Crippen molar-refractivity contribution >= 4 is 17.3 Å². The van der Waals surface area contributed by atoms with Crippen molar-refractivity contribution in [3.63, 3.8) is 0 Å². The molecule has 0 saturated carbocycles. The second-order valence-electron chi connectivity index (χ2n) is 3.66. The molecule has 0 unspecified atom stereocenters. The lowest BCUT2D eigenvalue weighted by atomic mass is 10.2. The summed E-state index contributed by atoms with van der Waals surface area (Å²) < 4.78 is 1.41. The summed E-state index contributed by atoms with van der Waals surface area (Å²) in [4.78, 5) is 10.2. The van der Waals surface area contributed by atoms with E-state index in [4.69, 9.17) is 16.7 Å². The minimum Gasteiger partial charge on any atom is -0.390 e. The van der Waals surface area contributed by atoms with Crippen LogP contribution in [0.15, 0.2) is 18.3 Å².